The summed E-state index contributed by atoms with van der Waals surface area (Å²) < 4.78 is 26.5. The maximum atomic E-state index is 11.2. The molecular weight excluding hydrogens is 222 g/mol. The number of sulfone groups is 1. The van der Waals surface area contributed by atoms with E-state index in [0.29, 0.717) is 0 Å². The average molecular weight is 237 g/mol. The number of rotatable bonds is 5. The van der Waals surface area contributed by atoms with Gasteiger partial charge in [0.1, 0.15) is 11.8 Å². The van der Waals surface area contributed by atoms with Gasteiger partial charge < -0.3 is 10.1 Å². The average Bonchev–Trinajstić information content (AvgIpc) is 2.12. The molecule has 1 N–H and O–H groups in total. The van der Waals surface area contributed by atoms with Gasteiger partial charge in [0.25, 0.3) is 0 Å². The molecule has 0 aromatic carbocycles. The Bertz CT molecular complexity index is 335. The molecule has 0 aliphatic rings. The van der Waals surface area contributed by atoms with Gasteiger partial charge in [-0.3, -0.25) is 9.59 Å². The number of amides is 1. The lowest BCUT2D eigenvalue weighted by Crippen LogP contribution is -2.40. The van der Waals surface area contributed by atoms with Gasteiger partial charge in [-0.1, -0.05) is 0 Å². The van der Waals surface area contributed by atoms with Crippen molar-refractivity contribution in [3.63, 3.8) is 0 Å². The zero-order valence-corrected chi connectivity index (χ0v) is 9.76. The first-order chi connectivity index (χ1) is 6.79. The Balaban J connectivity index is 4.11. The van der Waals surface area contributed by atoms with Gasteiger partial charge in [0.05, 0.1) is 6.61 Å². The normalized spacial score (nSPS) is 13.0. The van der Waals surface area contributed by atoms with Gasteiger partial charge in [0.15, 0.2) is 9.84 Å². The molecule has 0 aromatic heterocycles. The molecule has 1 amide bonds. The summed E-state index contributed by atoms with van der Waals surface area (Å²) in [5.74, 6) is -1.29. The molecule has 0 fully saturated rings. The van der Waals surface area contributed by atoms with E-state index in [4.69, 9.17) is 0 Å². The van der Waals surface area contributed by atoms with Gasteiger partial charge in [0.2, 0.25) is 5.91 Å². The monoisotopic (exact) mass is 237 g/mol. The van der Waals surface area contributed by atoms with Crippen LogP contribution >= 0.6 is 0 Å². The number of nitrogens with one attached hydrogen (secondary N) is 1. The molecule has 88 valence electrons. The molecule has 1 atom stereocenters. The lowest BCUT2D eigenvalue weighted by molar-refractivity contribution is -0.143. The summed E-state index contributed by atoms with van der Waals surface area (Å²) >= 11 is 0. The number of hydrogen-bond donors (Lipinski definition) is 1. The third-order valence-electron chi connectivity index (χ3n) is 1.72. The molecule has 0 aliphatic heterocycles. The van der Waals surface area contributed by atoms with Crippen LogP contribution in [0.25, 0.3) is 0 Å². The summed E-state index contributed by atoms with van der Waals surface area (Å²) in [7, 11) is -3.43. The molecule has 0 spiro atoms. The van der Waals surface area contributed by atoms with Crippen molar-refractivity contribution in [2.75, 3.05) is 19.4 Å². The summed E-state index contributed by atoms with van der Waals surface area (Å²) in [6.45, 7) is 2.80. The third kappa shape index (κ3) is 5.36. The van der Waals surface area contributed by atoms with Crippen LogP contribution in [0, 0.1) is 0 Å². The van der Waals surface area contributed by atoms with E-state index >= 15 is 0 Å². The van der Waals surface area contributed by atoms with Crippen molar-refractivity contribution < 1.29 is 22.7 Å². The van der Waals surface area contributed by atoms with Gasteiger partial charge in [0, 0.05) is 6.26 Å². The predicted octanol–water partition coefficient (Wildman–Crippen LogP) is -0.901. The molecule has 0 heterocycles. The first-order valence-electron chi connectivity index (χ1n) is 4.41. The van der Waals surface area contributed by atoms with Gasteiger partial charge in [-0.05, 0) is 13.8 Å². The van der Waals surface area contributed by atoms with Crippen LogP contribution in [0.15, 0.2) is 0 Å². The molecule has 0 rings (SSSR count). The first-order valence-corrected chi connectivity index (χ1v) is 6.36. The van der Waals surface area contributed by atoms with Crippen LogP contribution in [0.1, 0.15) is 13.8 Å². The second-order valence-corrected chi connectivity index (χ2v) is 5.36. The van der Waals surface area contributed by atoms with Crippen molar-refractivity contribution in [2.45, 2.75) is 19.1 Å². The number of hydrogen-bond acceptors (Lipinski definition) is 5. The highest BCUT2D eigenvalue weighted by Crippen LogP contribution is 1.97. The van der Waals surface area contributed by atoms with Crippen LogP contribution in [0.4, 0.5) is 0 Å². The highest BCUT2D eigenvalue weighted by molar-refractivity contribution is 7.92. The van der Waals surface area contributed by atoms with Crippen molar-refractivity contribution in [1.82, 2.24) is 5.32 Å². The fourth-order valence-electron chi connectivity index (χ4n) is 0.709. The maximum absolute atomic E-state index is 11.2. The quantitative estimate of drug-likeness (QED) is 0.626. The SMILES string of the molecule is CCOC(=O)CNC(=O)C(C)S(C)(=O)=O. The minimum atomic E-state index is -3.43. The summed E-state index contributed by atoms with van der Waals surface area (Å²) in [5.41, 5.74) is 0. The topological polar surface area (TPSA) is 89.5 Å². The van der Waals surface area contributed by atoms with E-state index in [1.807, 2.05) is 0 Å². The van der Waals surface area contributed by atoms with E-state index in [9.17, 15) is 18.0 Å². The van der Waals surface area contributed by atoms with Crippen molar-refractivity contribution in [2.24, 2.45) is 0 Å². The number of esters is 1. The van der Waals surface area contributed by atoms with Crippen molar-refractivity contribution >= 4 is 21.7 Å². The zero-order valence-electron chi connectivity index (χ0n) is 8.94. The maximum Gasteiger partial charge on any atom is 0.325 e. The highest BCUT2D eigenvalue weighted by atomic mass is 32.2. The smallest absolute Gasteiger partial charge is 0.325 e. The molecule has 7 heteroatoms. The second kappa shape index (κ2) is 5.69. The second-order valence-electron chi connectivity index (χ2n) is 2.99. The summed E-state index contributed by atoms with van der Waals surface area (Å²) in [4.78, 5) is 22.0. The molecule has 15 heavy (non-hydrogen) atoms. The van der Waals surface area contributed by atoms with Gasteiger partial charge in [-0.25, -0.2) is 8.42 Å². The lowest BCUT2D eigenvalue weighted by atomic mass is 10.4. The van der Waals surface area contributed by atoms with Crippen LogP contribution in [0.3, 0.4) is 0 Å². The fourth-order valence-corrected chi connectivity index (χ4v) is 1.18. The van der Waals surface area contributed by atoms with Crippen LogP contribution in [-0.2, 0) is 24.2 Å². The van der Waals surface area contributed by atoms with Gasteiger partial charge in [-0.15, -0.1) is 0 Å². The van der Waals surface area contributed by atoms with E-state index in [1.54, 1.807) is 6.92 Å². The fraction of sp³-hybridized carbons (Fsp3) is 0.750. The van der Waals surface area contributed by atoms with Crippen LogP contribution in [-0.4, -0.2) is 45.0 Å². The van der Waals surface area contributed by atoms with Crippen LogP contribution in [0.2, 0.25) is 0 Å². The Hall–Kier alpha value is -1.11. The molecule has 0 saturated heterocycles. The van der Waals surface area contributed by atoms with Crippen molar-refractivity contribution in [3.05, 3.63) is 0 Å². The Morgan fingerprint density at radius 3 is 2.33 bits per heavy atom. The largest absolute Gasteiger partial charge is 0.465 e. The lowest BCUT2D eigenvalue weighted by Gasteiger charge is -2.09. The summed E-state index contributed by atoms with van der Waals surface area (Å²) in [6.07, 6.45) is 0.960. The molecule has 0 aromatic rings. The van der Waals surface area contributed by atoms with E-state index in [2.05, 4.69) is 10.1 Å². The molecule has 6 nitrogen and oxygen atoms in total. The Morgan fingerprint density at radius 2 is 1.93 bits per heavy atom. The van der Waals surface area contributed by atoms with Crippen molar-refractivity contribution in [1.29, 1.82) is 0 Å². The Morgan fingerprint density at radius 1 is 1.40 bits per heavy atom. The molecule has 0 bridgehead atoms. The number of carbonyl (C=O) groups excluding carboxylic acids is 2. The summed E-state index contributed by atoms with van der Waals surface area (Å²) in [6, 6.07) is 0. The van der Waals surface area contributed by atoms with E-state index < -0.39 is 27.0 Å². The molecule has 0 saturated carbocycles. The van der Waals surface area contributed by atoms with Crippen molar-refractivity contribution in [3.8, 4) is 0 Å². The third-order valence-corrected chi connectivity index (χ3v) is 3.22. The van der Waals surface area contributed by atoms with Gasteiger partial charge in [-0.2, -0.15) is 0 Å². The highest BCUT2D eigenvalue weighted by Gasteiger charge is 2.23. The molecule has 1 unspecified atom stereocenters. The minimum absolute atomic E-state index is 0.219. The number of carbonyl (C=O) groups is 2. The molecule has 0 radical (unpaired) electrons. The zero-order chi connectivity index (χ0) is 12.1. The Kier molecular flexibility index (Phi) is 5.27. The van der Waals surface area contributed by atoms with E-state index in [-0.39, 0.29) is 13.2 Å². The van der Waals surface area contributed by atoms with Gasteiger partial charge >= 0.3 is 5.97 Å². The van der Waals surface area contributed by atoms with E-state index in [1.165, 1.54) is 6.92 Å². The van der Waals surface area contributed by atoms with Crippen LogP contribution < -0.4 is 5.32 Å². The van der Waals surface area contributed by atoms with E-state index in [0.717, 1.165) is 6.26 Å². The van der Waals surface area contributed by atoms with Crippen LogP contribution in [0.5, 0.6) is 0 Å². The predicted molar refractivity (Wildman–Crippen MR) is 53.9 cm³/mol. The summed E-state index contributed by atoms with van der Waals surface area (Å²) in [5, 5.41) is 1.02. The first kappa shape index (κ1) is 13.9. The Labute approximate surface area is 88.9 Å². The molecular formula is C8H15NO5S. The minimum Gasteiger partial charge on any atom is -0.465 e. The number of ether oxygens (including phenoxy) is 1. The standard InChI is InChI=1S/C8H15NO5S/c1-4-14-7(10)5-9-8(11)6(2)15(3,12)13/h6H,4-5H2,1-3H3,(H,9,11). The molecule has 0 aliphatic carbocycles.